The normalized spacial score (nSPS) is 17.2. The van der Waals surface area contributed by atoms with Gasteiger partial charge in [-0.1, -0.05) is 0 Å². The number of amidine groups is 1. The van der Waals surface area contributed by atoms with Crippen LogP contribution in [0.1, 0.15) is 18.4 Å². The van der Waals surface area contributed by atoms with Crippen LogP contribution in [0.3, 0.4) is 0 Å². The number of nitrogens with two attached hydrogens (primary N) is 1. The van der Waals surface area contributed by atoms with Crippen molar-refractivity contribution in [3.63, 3.8) is 0 Å². The second kappa shape index (κ2) is 5.32. The quantitative estimate of drug-likeness (QED) is 0.619. The van der Waals surface area contributed by atoms with Crippen molar-refractivity contribution in [2.24, 2.45) is 5.73 Å². The maximum absolute atomic E-state index is 7.27. The first-order chi connectivity index (χ1) is 7.75. The van der Waals surface area contributed by atoms with Gasteiger partial charge < -0.3 is 10.5 Å². The molecular formula is C11H15N3OS. The van der Waals surface area contributed by atoms with Crippen molar-refractivity contribution in [3.8, 4) is 0 Å². The van der Waals surface area contributed by atoms with Crippen LogP contribution in [0.2, 0.25) is 0 Å². The van der Waals surface area contributed by atoms with E-state index in [0.29, 0.717) is 10.8 Å². The Morgan fingerprint density at radius 1 is 1.44 bits per heavy atom. The molecule has 16 heavy (non-hydrogen) atoms. The molecule has 86 valence electrons. The summed E-state index contributed by atoms with van der Waals surface area (Å²) in [7, 11) is 0. The standard InChI is InChI=1S/C11H15N3OS/c12-11(13)8-1-2-10(14-7-8)16-9-3-5-15-6-4-9/h1-2,7,9H,3-6H2,(H3,12,13). The first-order valence-electron chi connectivity index (χ1n) is 5.30. The van der Waals surface area contributed by atoms with E-state index in [1.165, 1.54) is 0 Å². The Labute approximate surface area is 99.1 Å². The molecule has 0 atom stereocenters. The Morgan fingerprint density at radius 3 is 2.75 bits per heavy atom. The van der Waals surface area contributed by atoms with Crippen LogP contribution in [0.15, 0.2) is 23.4 Å². The van der Waals surface area contributed by atoms with Gasteiger partial charge in [0, 0.05) is 30.2 Å². The number of hydrogen-bond acceptors (Lipinski definition) is 4. The van der Waals surface area contributed by atoms with Crippen LogP contribution in [0, 0.1) is 5.41 Å². The Balaban J connectivity index is 1.96. The average Bonchev–Trinajstić information content (AvgIpc) is 2.31. The van der Waals surface area contributed by atoms with Crippen LogP contribution in [-0.4, -0.2) is 29.3 Å². The van der Waals surface area contributed by atoms with Crippen molar-refractivity contribution in [2.75, 3.05) is 13.2 Å². The summed E-state index contributed by atoms with van der Waals surface area (Å²) in [6, 6.07) is 3.77. The minimum atomic E-state index is 0.0649. The van der Waals surface area contributed by atoms with Gasteiger partial charge >= 0.3 is 0 Å². The fourth-order valence-corrected chi connectivity index (χ4v) is 2.60. The van der Waals surface area contributed by atoms with E-state index in [0.717, 1.165) is 31.1 Å². The van der Waals surface area contributed by atoms with Crippen LogP contribution in [-0.2, 0) is 4.74 Å². The molecular weight excluding hydrogens is 222 g/mol. The minimum Gasteiger partial charge on any atom is -0.384 e. The van der Waals surface area contributed by atoms with E-state index in [2.05, 4.69) is 4.98 Å². The molecule has 2 heterocycles. The second-order valence-electron chi connectivity index (χ2n) is 3.73. The lowest BCUT2D eigenvalue weighted by Crippen LogP contribution is -2.17. The van der Waals surface area contributed by atoms with E-state index in [1.54, 1.807) is 18.0 Å². The highest BCUT2D eigenvalue weighted by atomic mass is 32.2. The van der Waals surface area contributed by atoms with Crippen LogP contribution >= 0.6 is 11.8 Å². The van der Waals surface area contributed by atoms with Crippen molar-refractivity contribution < 1.29 is 4.74 Å². The number of thioether (sulfide) groups is 1. The Hall–Kier alpha value is -1.07. The van der Waals surface area contributed by atoms with Gasteiger partial charge in [-0.25, -0.2) is 4.98 Å². The zero-order chi connectivity index (χ0) is 11.4. The molecule has 1 fully saturated rings. The zero-order valence-corrected chi connectivity index (χ0v) is 9.80. The molecule has 0 radical (unpaired) electrons. The lowest BCUT2D eigenvalue weighted by molar-refractivity contribution is 0.1000. The molecule has 4 nitrogen and oxygen atoms in total. The van der Waals surface area contributed by atoms with E-state index >= 15 is 0 Å². The smallest absolute Gasteiger partial charge is 0.124 e. The molecule has 1 aromatic heterocycles. The topological polar surface area (TPSA) is 72.0 Å². The number of pyridine rings is 1. The third-order valence-electron chi connectivity index (χ3n) is 2.50. The third kappa shape index (κ3) is 2.96. The molecule has 0 bridgehead atoms. The lowest BCUT2D eigenvalue weighted by atomic mass is 10.2. The van der Waals surface area contributed by atoms with Crippen molar-refractivity contribution in [1.29, 1.82) is 5.41 Å². The van der Waals surface area contributed by atoms with Gasteiger partial charge in [-0.3, -0.25) is 5.41 Å². The van der Waals surface area contributed by atoms with Crippen molar-refractivity contribution in [3.05, 3.63) is 23.9 Å². The molecule has 0 aliphatic carbocycles. The van der Waals surface area contributed by atoms with Crippen LogP contribution in [0.25, 0.3) is 0 Å². The third-order valence-corrected chi connectivity index (χ3v) is 3.79. The predicted octanol–water partition coefficient (Wildman–Crippen LogP) is 1.64. The number of ether oxygens (including phenoxy) is 1. The number of nitrogen functional groups attached to an aromatic ring is 1. The van der Waals surface area contributed by atoms with Gasteiger partial charge in [-0.15, -0.1) is 11.8 Å². The molecule has 3 N–H and O–H groups in total. The first-order valence-corrected chi connectivity index (χ1v) is 6.18. The summed E-state index contributed by atoms with van der Waals surface area (Å²) in [5, 5.41) is 8.87. The molecule has 1 aliphatic rings. The Kier molecular flexibility index (Phi) is 3.79. The number of rotatable bonds is 3. The monoisotopic (exact) mass is 237 g/mol. The first kappa shape index (κ1) is 11.4. The van der Waals surface area contributed by atoms with Crippen molar-refractivity contribution in [2.45, 2.75) is 23.1 Å². The number of nitrogens with zero attached hydrogens (tertiary/aromatic N) is 1. The van der Waals surface area contributed by atoms with E-state index < -0.39 is 0 Å². The van der Waals surface area contributed by atoms with E-state index in [4.69, 9.17) is 15.9 Å². The second-order valence-corrected chi connectivity index (χ2v) is 5.05. The SMILES string of the molecule is N=C(N)c1ccc(SC2CCOCC2)nc1. The largest absolute Gasteiger partial charge is 0.384 e. The fraction of sp³-hybridized carbons (Fsp3) is 0.455. The highest BCUT2D eigenvalue weighted by molar-refractivity contribution is 7.99. The van der Waals surface area contributed by atoms with Gasteiger partial charge in [0.05, 0.1) is 5.03 Å². The van der Waals surface area contributed by atoms with Gasteiger partial charge in [0.25, 0.3) is 0 Å². The van der Waals surface area contributed by atoms with Gasteiger partial charge in [0.2, 0.25) is 0 Å². The molecule has 1 aliphatic heterocycles. The molecule has 2 rings (SSSR count). The van der Waals surface area contributed by atoms with Crippen molar-refractivity contribution >= 4 is 17.6 Å². The summed E-state index contributed by atoms with van der Waals surface area (Å²) >= 11 is 1.78. The molecule has 1 saturated heterocycles. The van der Waals surface area contributed by atoms with Crippen molar-refractivity contribution in [1.82, 2.24) is 4.98 Å². The number of hydrogen-bond donors (Lipinski definition) is 2. The molecule has 0 spiro atoms. The predicted molar refractivity (Wildman–Crippen MR) is 65.0 cm³/mol. The number of aromatic nitrogens is 1. The summed E-state index contributed by atoms with van der Waals surface area (Å²) in [6.07, 6.45) is 3.83. The van der Waals surface area contributed by atoms with Crippen LogP contribution in [0.5, 0.6) is 0 Å². The fourth-order valence-electron chi connectivity index (χ4n) is 1.57. The highest BCUT2D eigenvalue weighted by Gasteiger charge is 2.15. The van der Waals surface area contributed by atoms with Gasteiger partial charge in [-0.2, -0.15) is 0 Å². The maximum atomic E-state index is 7.27. The minimum absolute atomic E-state index is 0.0649. The summed E-state index contributed by atoms with van der Waals surface area (Å²) < 4.78 is 5.31. The molecule has 0 amide bonds. The lowest BCUT2D eigenvalue weighted by Gasteiger charge is -2.20. The summed E-state index contributed by atoms with van der Waals surface area (Å²) in [4.78, 5) is 4.30. The summed E-state index contributed by atoms with van der Waals surface area (Å²) in [5.74, 6) is 0.0649. The van der Waals surface area contributed by atoms with Crippen LogP contribution in [0.4, 0.5) is 0 Å². The molecule has 1 aromatic rings. The van der Waals surface area contributed by atoms with E-state index in [-0.39, 0.29) is 5.84 Å². The molecule has 0 unspecified atom stereocenters. The number of nitrogens with one attached hydrogen (secondary N) is 1. The molecule has 0 saturated carbocycles. The summed E-state index contributed by atoms with van der Waals surface area (Å²) in [6.45, 7) is 1.70. The summed E-state index contributed by atoms with van der Waals surface area (Å²) in [5.41, 5.74) is 6.05. The highest BCUT2D eigenvalue weighted by Crippen LogP contribution is 2.28. The Morgan fingerprint density at radius 2 is 2.19 bits per heavy atom. The van der Waals surface area contributed by atoms with Gasteiger partial charge in [0.15, 0.2) is 0 Å². The molecule has 5 heteroatoms. The Bertz CT molecular complexity index is 360. The van der Waals surface area contributed by atoms with E-state index in [9.17, 15) is 0 Å². The van der Waals surface area contributed by atoms with Gasteiger partial charge in [-0.05, 0) is 25.0 Å². The van der Waals surface area contributed by atoms with Crippen LogP contribution < -0.4 is 5.73 Å². The zero-order valence-electron chi connectivity index (χ0n) is 8.98. The maximum Gasteiger partial charge on any atom is 0.124 e. The average molecular weight is 237 g/mol. The van der Waals surface area contributed by atoms with Gasteiger partial charge in [0.1, 0.15) is 5.84 Å². The van der Waals surface area contributed by atoms with E-state index in [1.807, 2.05) is 12.1 Å². The molecule has 0 aromatic carbocycles.